The summed E-state index contributed by atoms with van der Waals surface area (Å²) in [5.74, 6) is 0.291. The number of phenols is 1. The number of carbonyl (C=O) groups excluding carboxylic acids is 1. The molecule has 0 bridgehead atoms. The van der Waals surface area contributed by atoms with E-state index in [1.54, 1.807) is 12.1 Å². The second-order valence-electron chi connectivity index (χ2n) is 7.42. The minimum absolute atomic E-state index is 0.0763. The van der Waals surface area contributed by atoms with Crippen LogP contribution in [0.1, 0.15) is 29.7 Å². The van der Waals surface area contributed by atoms with Gasteiger partial charge in [-0.3, -0.25) is 0 Å². The fourth-order valence-electron chi connectivity index (χ4n) is 3.74. The van der Waals surface area contributed by atoms with Gasteiger partial charge in [-0.25, -0.2) is 4.79 Å². The van der Waals surface area contributed by atoms with E-state index < -0.39 is 0 Å². The number of urea groups is 1. The molecular formula is C23H25N3O2. The zero-order valence-corrected chi connectivity index (χ0v) is 15.9. The number of hydrogen-bond acceptors (Lipinski definition) is 3. The third-order valence-corrected chi connectivity index (χ3v) is 5.37. The van der Waals surface area contributed by atoms with Crippen molar-refractivity contribution in [3.63, 3.8) is 0 Å². The maximum atomic E-state index is 12.3. The first-order valence-electron chi connectivity index (χ1n) is 9.66. The van der Waals surface area contributed by atoms with Crippen molar-refractivity contribution in [2.45, 2.75) is 32.0 Å². The first-order chi connectivity index (χ1) is 13.6. The number of nitrogens with one attached hydrogen (secondary N) is 3. The molecule has 1 unspecified atom stereocenters. The largest absolute Gasteiger partial charge is 0.508 e. The summed E-state index contributed by atoms with van der Waals surface area (Å²) >= 11 is 0. The molecule has 0 aromatic heterocycles. The van der Waals surface area contributed by atoms with Gasteiger partial charge >= 0.3 is 6.03 Å². The summed E-state index contributed by atoms with van der Waals surface area (Å²) in [6, 6.07) is 19.9. The molecule has 1 heterocycles. The number of phenolic OH excluding ortho intramolecular Hbond substituents is 1. The van der Waals surface area contributed by atoms with E-state index >= 15 is 0 Å². The van der Waals surface area contributed by atoms with E-state index in [-0.39, 0.29) is 18.1 Å². The van der Waals surface area contributed by atoms with Crippen molar-refractivity contribution >= 4 is 16.8 Å². The van der Waals surface area contributed by atoms with Crippen LogP contribution < -0.4 is 16.0 Å². The second kappa shape index (κ2) is 7.90. The Hall–Kier alpha value is -3.05. The highest BCUT2D eigenvalue weighted by atomic mass is 16.3. The van der Waals surface area contributed by atoms with Crippen molar-refractivity contribution in [3.05, 3.63) is 77.4 Å². The molecule has 28 heavy (non-hydrogen) atoms. The van der Waals surface area contributed by atoms with Crippen LogP contribution in [0.3, 0.4) is 0 Å². The first-order valence-corrected chi connectivity index (χ1v) is 9.66. The quantitative estimate of drug-likeness (QED) is 0.563. The molecule has 0 fully saturated rings. The second-order valence-corrected chi connectivity index (χ2v) is 7.42. The van der Waals surface area contributed by atoms with Gasteiger partial charge in [-0.05, 0) is 59.0 Å². The monoisotopic (exact) mass is 375 g/mol. The molecule has 4 N–H and O–H groups in total. The minimum atomic E-state index is -0.168. The smallest absolute Gasteiger partial charge is 0.315 e. The SMILES string of the molecule is C[C@H](NC(=O)NCC1Cc2ccc(O)cc2CN1)c1ccc2ccccc2c1. The Labute approximate surface area is 164 Å². The molecule has 5 nitrogen and oxygen atoms in total. The summed E-state index contributed by atoms with van der Waals surface area (Å²) in [6.45, 7) is 3.24. The average Bonchev–Trinajstić information content (AvgIpc) is 2.71. The van der Waals surface area contributed by atoms with Crippen LogP contribution in [0.2, 0.25) is 0 Å². The molecule has 5 heteroatoms. The van der Waals surface area contributed by atoms with Crippen LogP contribution in [0.25, 0.3) is 10.8 Å². The Balaban J connectivity index is 1.31. The van der Waals surface area contributed by atoms with E-state index in [2.05, 4.69) is 46.3 Å². The van der Waals surface area contributed by atoms with E-state index in [1.165, 1.54) is 16.3 Å². The highest BCUT2D eigenvalue weighted by Crippen LogP contribution is 2.22. The summed E-state index contributed by atoms with van der Waals surface area (Å²) in [7, 11) is 0. The Kier molecular flexibility index (Phi) is 5.17. The van der Waals surface area contributed by atoms with E-state index in [4.69, 9.17) is 0 Å². The summed E-state index contributed by atoms with van der Waals surface area (Å²) in [4.78, 5) is 12.3. The summed E-state index contributed by atoms with van der Waals surface area (Å²) in [5, 5.41) is 21.3. The molecule has 2 atom stereocenters. The number of rotatable bonds is 4. The molecule has 0 aliphatic carbocycles. The highest BCUT2D eigenvalue weighted by Gasteiger charge is 2.19. The molecule has 3 aromatic carbocycles. The number of hydrogen-bond donors (Lipinski definition) is 4. The normalized spacial score (nSPS) is 17.0. The van der Waals surface area contributed by atoms with Gasteiger partial charge in [0.1, 0.15) is 5.75 Å². The van der Waals surface area contributed by atoms with Gasteiger partial charge in [-0.2, -0.15) is 0 Å². The van der Waals surface area contributed by atoms with Crippen LogP contribution in [0.4, 0.5) is 4.79 Å². The topological polar surface area (TPSA) is 73.4 Å². The molecule has 0 saturated heterocycles. The Bertz CT molecular complexity index is 1000. The lowest BCUT2D eigenvalue weighted by Gasteiger charge is -2.27. The lowest BCUT2D eigenvalue weighted by atomic mass is 9.95. The van der Waals surface area contributed by atoms with Crippen molar-refractivity contribution in [2.75, 3.05) is 6.54 Å². The molecule has 1 aliphatic rings. The molecule has 4 rings (SSSR count). The number of amides is 2. The summed E-state index contributed by atoms with van der Waals surface area (Å²) in [5.41, 5.74) is 3.41. The van der Waals surface area contributed by atoms with Crippen LogP contribution in [0, 0.1) is 0 Å². The zero-order valence-electron chi connectivity index (χ0n) is 15.9. The van der Waals surface area contributed by atoms with Crippen molar-refractivity contribution in [2.24, 2.45) is 0 Å². The predicted molar refractivity (Wildman–Crippen MR) is 111 cm³/mol. The lowest BCUT2D eigenvalue weighted by Crippen LogP contribution is -2.47. The van der Waals surface area contributed by atoms with Crippen LogP contribution >= 0.6 is 0 Å². The van der Waals surface area contributed by atoms with Gasteiger partial charge in [-0.1, -0.05) is 42.5 Å². The van der Waals surface area contributed by atoms with E-state index in [0.717, 1.165) is 17.5 Å². The van der Waals surface area contributed by atoms with E-state index in [1.807, 2.05) is 25.1 Å². The van der Waals surface area contributed by atoms with Gasteiger partial charge in [0.2, 0.25) is 0 Å². The maximum absolute atomic E-state index is 12.3. The molecule has 2 amide bonds. The first kappa shape index (κ1) is 18.3. The van der Waals surface area contributed by atoms with Crippen molar-refractivity contribution in [1.29, 1.82) is 0 Å². The van der Waals surface area contributed by atoms with Crippen LogP contribution in [0.5, 0.6) is 5.75 Å². The van der Waals surface area contributed by atoms with Crippen LogP contribution in [-0.2, 0) is 13.0 Å². The summed E-state index contributed by atoms with van der Waals surface area (Å²) in [6.07, 6.45) is 0.829. The Morgan fingerprint density at radius 3 is 2.79 bits per heavy atom. The number of fused-ring (bicyclic) bond motifs is 2. The van der Waals surface area contributed by atoms with Crippen LogP contribution in [-0.4, -0.2) is 23.7 Å². The van der Waals surface area contributed by atoms with Gasteiger partial charge in [0.05, 0.1) is 6.04 Å². The Morgan fingerprint density at radius 1 is 1.11 bits per heavy atom. The van der Waals surface area contributed by atoms with Gasteiger partial charge in [-0.15, -0.1) is 0 Å². The number of aromatic hydroxyl groups is 1. The van der Waals surface area contributed by atoms with Gasteiger partial charge < -0.3 is 21.1 Å². The van der Waals surface area contributed by atoms with Crippen LogP contribution in [0.15, 0.2) is 60.7 Å². The molecule has 3 aromatic rings. The van der Waals surface area contributed by atoms with E-state index in [9.17, 15) is 9.90 Å². The zero-order chi connectivity index (χ0) is 19.5. The van der Waals surface area contributed by atoms with Crippen molar-refractivity contribution in [1.82, 2.24) is 16.0 Å². The lowest BCUT2D eigenvalue weighted by molar-refractivity contribution is 0.236. The van der Waals surface area contributed by atoms with Gasteiger partial charge in [0.15, 0.2) is 0 Å². The van der Waals surface area contributed by atoms with Gasteiger partial charge in [0.25, 0.3) is 0 Å². The minimum Gasteiger partial charge on any atom is -0.508 e. The number of carbonyl (C=O) groups is 1. The molecule has 0 spiro atoms. The average molecular weight is 375 g/mol. The maximum Gasteiger partial charge on any atom is 0.315 e. The fraction of sp³-hybridized carbons (Fsp3) is 0.261. The molecule has 1 aliphatic heterocycles. The summed E-state index contributed by atoms with van der Waals surface area (Å²) < 4.78 is 0. The van der Waals surface area contributed by atoms with Gasteiger partial charge in [0, 0.05) is 19.1 Å². The molecule has 144 valence electrons. The Morgan fingerprint density at radius 2 is 1.93 bits per heavy atom. The predicted octanol–water partition coefficient (Wildman–Crippen LogP) is 3.62. The molecule has 0 saturated carbocycles. The standard InChI is InChI=1S/C23H25N3O2/c1-15(17-7-6-16-4-2-3-5-18(16)10-17)26-23(28)25-14-21-11-19-8-9-22(27)12-20(19)13-24-21/h2-10,12,15,21,24,27H,11,13-14H2,1H3,(H2,25,26,28)/t15-,21?/m0/s1. The molecular weight excluding hydrogens is 350 g/mol. The highest BCUT2D eigenvalue weighted by molar-refractivity contribution is 5.83. The molecule has 0 radical (unpaired) electrons. The van der Waals surface area contributed by atoms with Crippen molar-refractivity contribution in [3.8, 4) is 5.75 Å². The van der Waals surface area contributed by atoms with E-state index in [0.29, 0.717) is 18.8 Å². The van der Waals surface area contributed by atoms with Crippen molar-refractivity contribution < 1.29 is 9.90 Å². The third kappa shape index (κ3) is 4.10. The number of benzene rings is 3. The third-order valence-electron chi connectivity index (χ3n) is 5.37. The fourth-order valence-corrected chi connectivity index (χ4v) is 3.74.